The summed E-state index contributed by atoms with van der Waals surface area (Å²) in [6, 6.07) is 7.35. The van der Waals surface area contributed by atoms with E-state index in [0.29, 0.717) is 22.9 Å². The third-order valence-corrected chi connectivity index (χ3v) is 4.97. The Kier molecular flexibility index (Phi) is 4.61. The largest absolute Gasteiger partial charge is 0.507 e. The van der Waals surface area contributed by atoms with E-state index in [-0.39, 0.29) is 5.75 Å². The molecule has 1 fully saturated rings. The number of pyridine rings is 1. The topological polar surface area (TPSA) is 74.2 Å². The van der Waals surface area contributed by atoms with Crippen molar-refractivity contribution in [3.63, 3.8) is 0 Å². The smallest absolute Gasteiger partial charge is 0.158 e. The van der Waals surface area contributed by atoms with Crippen LogP contribution < -0.4 is 5.32 Å². The number of aromatic hydroxyl groups is 1. The highest BCUT2D eigenvalue weighted by Crippen LogP contribution is 2.34. The first-order chi connectivity index (χ1) is 13.2. The molecule has 0 spiro atoms. The number of anilines is 1. The summed E-state index contributed by atoms with van der Waals surface area (Å²) in [7, 11) is 2.13. The van der Waals surface area contributed by atoms with Gasteiger partial charge in [0.1, 0.15) is 11.4 Å². The van der Waals surface area contributed by atoms with Gasteiger partial charge in [-0.1, -0.05) is 5.92 Å². The Morgan fingerprint density at radius 2 is 2.15 bits per heavy atom. The third-order valence-electron chi connectivity index (χ3n) is 4.97. The second-order valence-corrected chi connectivity index (χ2v) is 6.94. The van der Waals surface area contributed by atoms with Crippen LogP contribution in [-0.2, 0) is 0 Å². The van der Waals surface area contributed by atoms with Crippen molar-refractivity contribution < 1.29 is 5.11 Å². The number of phenols is 1. The fraction of sp³-hybridized carbons (Fsp3) is 0.286. The summed E-state index contributed by atoms with van der Waals surface area (Å²) in [6.07, 6.45) is 11.2. The first-order valence-electron chi connectivity index (χ1n) is 9.01. The lowest BCUT2D eigenvalue weighted by atomic mass is 10.0. The third kappa shape index (κ3) is 3.42. The van der Waals surface area contributed by atoms with Gasteiger partial charge < -0.3 is 15.3 Å². The van der Waals surface area contributed by atoms with Gasteiger partial charge in [0.15, 0.2) is 5.82 Å². The highest BCUT2D eigenvalue weighted by molar-refractivity contribution is 6.00. The number of hydrogen-bond donors (Lipinski definition) is 2. The number of benzene rings is 1. The van der Waals surface area contributed by atoms with Crippen molar-refractivity contribution in [1.82, 2.24) is 20.1 Å². The van der Waals surface area contributed by atoms with Gasteiger partial charge in [-0.25, -0.2) is 0 Å². The van der Waals surface area contributed by atoms with Gasteiger partial charge in [0.2, 0.25) is 0 Å². The second-order valence-electron chi connectivity index (χ2n) is 6.94. The van der Waals surface area contributed by atoms with Crippen LogP contribution in [-0.4, -0.2) is 51.4 Å². The van der Waals surface area contributed by atoms with Crippen LogP contribution in [0.5, 0.6) is 5.75 Å². The molecule has 0 amide bonds. The van der Waals surface area contributed by atoms with Crippen molar-refractivity contribution in [2.75, 3.05) is 25.5 Å². The first kappa shape index (κ1) is 17.3. The molecule has 1 atom stereocenters. The minimum Gasteiger partial charge on any atom is -0.507 e. The SMILES string of the molecule is C#Cc1ccc(-c2nnc(N[C@@H]3CCCN(C)C3)c3cnccc23)c(O)c1. The van der Waals surface area contributed by atoms with Gasteiger partial charge in [0.05, 0.1) is 0 Å². The molecule has 136 valence electrons. The van der Waals surface area contributed by atoms with Gasteiger partial charge >= 0.3 is 0 Å². The van der Waals surface area contributed by atoms with Crippen LogP contribution in [0.2, 0.25) is 0 Å². The Morgan fingerprint density at radius 3 is 2.93 bits per heavy atom. The van der Waals surface area contributed by atoms with E-state index in [0.717, 1.165) is 42.5 Å². The molecule has 2 aromatic heterocycles. The average molecular weight is 359 g/mol. The highest BCUT2D eigenvalue weighted by Gasteiger charge is 2.20. The lowest BCUT2D eigenvalue weighted by Gasteiger charge is -2.30. The summed E-state index contributed by atoms with van der Waals surface area (Å²) in [5.41, 5.74) is 1.83. The lowest BCUT2D eigenvalue weighted by molar-refractivity contribution is 0.261. The van der Waals surface area contributed by atoms with Crippen LogP contribution >= 0.6 is 0 Å². The Morgan fingerprint density at radius 1 is 1.26 bits per heavy atom. The molecular weight excluding hydrogens is 338 g/mol. The van der Waals surface area contributed by atoms with Crippen molar-refractivity contribution in [2.24, 2.45) is 0 Å². The van der Waals surface area contributed by atoms with Crippen LogP contribution in [0.1, 0.15) is 18.4 Å². The molecule has 1 aliphatic heterocycles. The molecule has 0 aliphatic carbocycles. The number of aromatic nitrogens is 3. The molecule has 6 heteroatoms. The van der Waals surface area contributed by atoms with Crippen LogP contribution in [0.25, 0.3) is 22.0 Å². The molecular formula is C21H21N5O. The minimum absolute atomic E-state index is 0.0903. The second kappa shape index (κ2) is 7.22. The van der Waals surface area contributed by atoms with Gasteiger partial charge in [-0.3, -0.25) is 4.98 Å². The van der Waals surface area contributed by atoms with Gasteiger partial charge in [0.25, 0.3) is 0 Å². The number of nitrogens with zero attached hydrogens (tertiary/aromatic N) is 4. The molecule has 2 N–H and O–H groups in total. The zero-order chi connectivity index (χ0) is 18.8. The van der Waals surface area contributed by atoms with E-state index in [1.54, 1.807) is 30.6 Å². The zero-order valence-electron chi connectivity index (χ0n) is 15.2. The number of phenolic OH excluding ortho intramolecular Hbond substituents is 1. The number of hydrogen-bond acceptors (Lipinski definition) is 6. The van der Waals surface area contributed by atoms with Gasteiger partial charge in [-0.15, -0.1) is 16.6 Å². The fourth-order valence-corrected chi connectivity index (χ4v) is 3.60. The molecule has 0 bridgehead atoms. The number of nitrogens with one attached hydrogen (secondary N) is 1. The van der Waals surface area contributed by atoms with Crippen molar-refractivity contribution in [1.29, 1.82) is 0 Å². The summed E-state index contributed by atoms with van der Waals surface area (Å²) in [4.78, 5) is 6.57. The maximum Gasteiger partial charge on any atom is 0.158 e. The van der Waals surface area contributed by atoms with Crippen molar-refractivity contribution in [3.05, 3.63) is 42.2 Å². The van der Waals surface area contributed by atoms with E-state index in [2.05, 4.69) is 38.4 Å². The van der Waals surface area contributed by atoms with E-state index < -0.39 is 0 Å². The van der Waals surface area contributed by atoms with E-state index >= 15 is 0 Å². The minimum atomic E-state index is 0.0903. The molecule has 0 unspecified atom stereocenters. The molecule has 3 aromatic rings. The van der Waals surface area contributed by atoms with Crippen LogP contribution in [0.4, 0.5) is 5.82 Å². The molecule has 0 saturated carbocycles. The Hall–Kier alpha value is -3.17. The summed E-state index contributed by atoms with van der Waals surface area (Å²) in [5.74, 6) is 3.34. The number of rotatable bonds is 3. The molecule has 1 aliphatic rings. The average Bonchev–Trinajstić information content (AvgIpc) is 2.68. The number of terminal acetylenes is 1. The number of likely N-dealkylation sites (N-methyl/N-ethyl adjacent to an activating group) is 1. The molecule has 27 heavy (non-hydrogen) atoms. The maximum atomic E-state index is 10.4. The summed E-state index contributed by atoms with van der Waals surface area (Å²) >= 11 is 0. The summed E-state index contributed by atoms with van der Waals surface area (Å²) in [6.45, 7) is 2.09. The summed E-state index contributed by atoms with van der Waals surface area (Å²) < 4.78 is 0. The van der Waals surface area contributed by atoms with Crippen molar-refractivity contribution in [3.8, 4) is 29.4 Å². The predicted octanol–water partition coefficient (Wildman–Crippen LogP) is 2.88. The van der Waals surface area contributed by atoms with Gasteiger partial charge in [-0.05, 0) is 50.7 Å². The normalized spacial score (nSPS) is 17.6. The van der Waals surface area contributed by atoms with Gasteiger partial charge in [0, 0.05) is 46.9 Å². The predicted molar refractivity (Wildman–Crippen MR) is 107 cm³/mol. The number of piperidine rings is 1. The van der Waals surface area contributed by atoms with Gasteiger partial charge in [-0.2, -0.15) is 0 Å². The van der Waals surface area contributed by atoms with Crippen LogP contribution in [0.3, 0.4) is 0 Å². The van der Waals surface area contributed by atoms with E-state index in [4.69, 9.17) is 6.42 Å². The first-order valence-corrected chi connectivity index (χ1v) is 9.01. The molecule has 3 heterocycles. The standard InChI is InChI=1S/C21H21N5O/c1-3-14-6-7-17(19(27)11-14)20-16-8-9-22-12-18(16)21(25-24-20)23-15-5-4-10-26(2)13-15/h1,6-9,11-12,15,27H,4-5,10,13H2,2H3,(H,23,25)/t15-/m1/s1. The van der Waals surface area contributed by atoms with Crippen LogP contribution in [0, 0.1) is 12.3 Å². The molecule has 1 saturated heterocycles. The zero-order valence-corrected chi connectivity index (χ0v) is 15.2. The van der Waals surface area contributed by atoms with Crippen LogP contribution in [0.15, 0.2) is 36.7 Å². The lowest BCUT2D eigenvalue weighted by Crippen LogP contribution is -2.40. The fourth-order valence-electron chi connectivity index (χ4n) is 3.60. The monoisotopic (exact) mass is 359 g/mol. The van der Waals surface area contributed by atoms with Crippen molar-refractivity contribution >= 4 is 16.6 Å². The Labute approximate surface area is 158 Å². The van der Waals surface area contributed by atoms with Crippen molar-refractivity contribution in [2.45, 2.75) is 18.9 Å². The molecule has 1 aromatic carbocycles. The molecule has 0 radical (unpaired) electrons. The molecule has 6 nitrogen and oxygen atoms in total. The maximum absolute atomic E-state index is 10.4. The summed E-state index contributed by atoms with van der Waals surface area (Å²) in [5, 5.41) is 24.5. The quantitative estimate of drug-likeness (QED) is 0.701. The van der Waals surface area contributed by atoms with E-state index in [1.807, 2.05) is 6.07 Å². The molecule has 4 rings (SSSR count). The highest BCUT2D eigenvalue weighted by atomic mass is 16.3. The van der Waals surface area contributed by atoms with E-state index in [9.17, 15) is 5.11 Å². The number of likely N-dealkylation sites (tertiary alicyclic amines) is 1. The Balaban J connectivity index is 1.76. The number of fused-ring (bicyclic) bond motifs is 1. The van der Waals surface area contributed by atoms with E-state index in [1.165, 1.54) is 0 Å². The Bertz CT molecular complexity index is 1030.